The Labute approximate surface area is 214 Å². The Hall–Kier alpha value is -4.40. The number of aromatic hydroxyl groups is 1. The Bertz CT molecular complexity index is 1400. The lowest BCUT2D eigenvalue weighted by Crippen LogP contribution is -2.31. The molecule has 37 heavy (non-hydrogen) atoms. The summed E-state index contributed by atoms with van der Waals surface area (Å²) in [4.78, 5) is 32.5. The third-order valence-corrected chi connectivity index (χ3v) is 5.81. The monoisotopic (exact) mass is 503 g/mol. The van der Waals surface area contributed by atoms with Gasteiger partial charge in [0.1, 0.15) is 0 Å². The molecule has 2 aliphatic heterocycles. The number of furan rings is 1. The fourth-order valence-corrected chi connectivity index (χ4v) is 4.25. The normalized spacial score (nSPS) is 14.7. The first-order valence-corrected chi connectivity index (χ1v) is 11.9. The first-order valence-electron chi connectivity index (χ1n) is 11.9. The van der Waals surface area contributed by atoms with E-state index in [1.165, 1.54) is 16.7 Å². The Morgan fingerprint density at radius 3 is 2.70 bits per heavy atom. The standard InChI is InChI=1S/C26H25N3O4.C2H4O2/c1-15(2)32-26(31)22-23(30)21(12-18-13-28-24-20(18)5-4-9-27-24)33-25(22)29-10-8-17-7-6-16(3)11-19(17)14-29;1-2(3)4/h4-7,9,11-13,15,30H,8,10,14H2,1-3H3;1H3,(H,3,4). The lowest BCUT2D eigenvalue weighted by molar-refractivity contribution is -0.134. The number of carboxylic acids is 1. The zero-order valence-corrected chi connectivity index (χ0v) is 21.2. The van der Waals surface area contributed by atoms with Crippen LogP contribution in [0.5, 0.6) is 5.75 Å². The van der Waals surface area contributed by atoms with E-state index in [0.717, 1.165) is 24.5 Å². The summed E-state index contributed by atoms with van der Waals surface area (Å²) in [6.07, 6.45) is 5.52. The van der Waals surface area contributed by atoms with Crippen molar-refractivity contribution in [3.05, 3.63) is 70.1 Å². The predicted octanol–water partition coefficient (Wildman–Crippen LogP) is 5.16. The molecule has 9 heteroatoms. The van der Waals surface area contributed by atoms with Crippen LogP contribution in [-0.4, -0.2) is 46.0 Å². The van der Waals surface area contributed by atoms with Crippen LogP contribution in [0.3, 0.4) is 0 Å². The van der Waals surface area contributed by atoms with Crippen LogP contribution in [-0.2, 0) is 22.5 Å². The van der Waals surface area contributed by atoms with Crippen LogP contribution < -0.4 is 4.90 Å². The van der Waals surface area contributed by atoms with E-state index in [1.807, 2.05) is 17.0 Å². The summed E-state index contributed by atoms with van der Waals surface area (Å²) in [6.45, 7) is 7.93. The smallest absolute Gasteiger partial charge is 0.347 e. The Balaban J connectivity index is 0.000000747. The molecule has 0 bridgehead atoms. The molecular weight excluding hydrogens is 474 g/mol. The molecule has 5 rings (SSSR count). The van der Waals surface area contributed by atoms with Gasteiger partial charge in [-0.25, -0.2) is 14.8 Å². The van der Waals surface area contributed by atoms with Gasteiger partial charge in [-0.2, -0.15) is 0 Å². The molecule has 9 nitrogen and oxygen atoms in total. The zero-order valence-electron chi connectivity index (χ0n) is 21.2. The second-order valence-corrected chi connectivity index (χ2v) is 9.14. The molecule has 0 atom stereocenters. The summed E-state index contributed by atoms with van der Waals surface area (Å²) in [5.41, 5.74) is 5.28. The van der Waals surface area contributed by atoms with E-state index < -0.39 is 11.9 Å². The van der Waals surface area contributed by atoms with E-state index in [-0.39, 0.29) is 23.2 Å². The van der Waals surface area contributed by atoms with Crippen molar-refractivity contribution in [2.75, 3.05) is 11.4 Å². The van der Waals surface area contributed by atoms with Crippen molar-refractivity contribution in [2.45, 2.75) is 46.8 Å². The highest BCUT2D eigenvalue weighted by molar-refractivity contribution is 6.21. The fraction of sp³-hybridized carbons (Fsp3) is 0.286. The number of aryl methyl sites for hydroxylation is 1. The van der Waals surface area contributed by atoms with E-state index >= 15 is 0 Å². The molecule has 3 aromatic rings. The quantitative estimate of drug-likeness (QED) is 0.468. The highest BCUT2D eigenvalue weighted by Gasteiger charge is 2.32. The van der Waals surface area contributed by atoms with Crippen LogP contribution in [0.4, 0.5) is 11.7 Å². The molecule has 0 saturated carbocycles. The van der Waals surface area contributed by atoms with Crippen LogP contribution in [0.2, 0.25) is 0 Å². The van der Waals surface area contributed by atoms with Gasteiger partial charge in [0.2, 0.25) is 5.88 Å². The van der Waals surface area contributed by atoms with Gasteiger partial charge in [-0.3, -0.25) is 4.79 Å². The number of carboxylic acid groups (broad SMARTS) is 1. The number of aliphatic carboxylic acids is 1. The van der Waals surface area contributed by atoms with Gasteiger partial charge in [-0.05, 0) is 56.5 Å². The molecule has 0 unspecified atom stereocenters. The van der Waals surface area contributed by atoms with Crippen molar-refractivity contribution >= 4 is 41.5 Å². The minimum atomic E-state index is -0.833. The van der Waals surface area contributed by atoms with E-state index in [0.29, 0.717) is 24.8 Å². The number of allylic oxidation sites excluding steroid dienone is 1. The molecular formula is C28H29N3O6. The third kappa shape index (κ3) is 5.72. The van der Waals surface area contributed by atoms with Gasteiger partial charge < -0.3 is 24.3 Å². The maximum atomic E-state index is 13.0. The molecule has 0 radical (unpaired) electrons. The van der Waals surface area contributed by atoms with Crippen molar-refractivity contribution in [3.8, 4) is 5.75 Å². The SMILES string of the molecule is CC(=O)O.Cc1ccc2c(c1)CN(c1oc(C=C3C=Nc4ncccc43)c(O)c1C(=O)OC(C)C)CC2. The number of pyridine rings is 1. The summed E-state index contributed by atoms with van der Waals surface area (Å²) in [5.74, 6) is -0.558. The summed E-state index contributed by atoms with van der Waals surface area (Å²) >= 11 is 0. The Morgan fingerprint density at radius 2 is 1.97 bits per heavy atom. The second kappa shape index (κ2) is 10.7. The number of aromatic nitrogens is 1. The number of esters is 1. The van der Waals surface area contributed by atoms with Gasteiger partial charge in [0.15, 0.2) is 22.9 Å². The number of benzene rings is 1. The summed E-state index contributed by atoms with van der Waals surface area (Å²) in [6, 6.07) is 10.1. The minimum absolute atomic E-state index is 0.0491. The van der Waals surface area contributed by atoms with Crippen LogP contribution in [0.25, 0.3) is 11.6 Å². The van der Waals surface area contributed by atoms with E-state index in [4.69, 9.17) is 19.1 Å². The van der Waals surface area contributed by atoms with Crippen LogP contribution >= 0.6 is 0 Å². The largest absolute Gasteiger partial charge is 0.504 e. The molecule has 0 aliphatic carbocycles. The first kappa shape index (κ1) is 25.7. The summed E-state index contributed by atoms with van der Waals surface area (Å²) in [5, 5.41) is 18.5. The van der Waals surface area contributed by atoms with Crippen LogP contribution in [0, 0.1) is 6.92 Å². The molecule has 0 saturated heterocycles. The molecule has 192 valence electrons. The topological polar surface area (TPSA) is 125 Å². The highest BCUT2D eigenvalue weighted by atomic mass is 16.5. The Morgan fingerprint density at radius 1 is 1.22 bits per heavy atom. The average molecular weight is 504 g/mol. The van der Waals surface area contributed by atoms with Gasteiger partial charge in [-0.1, -0.05) is 23.8 Å². The average Bonchev–Trinajstić information content (AvgIpc) is 3.39. The molecule has 0 spiro atoms. The molecule has 2 N–H and O–H groups in total. The number of nitrogens with zero attached hydrogens (tertiary/aromatic N) is 3. The number of ether oxygens (including phenoxy) is 1. The molecule has 0 amide bonds. The number of hydrogen-bond acceptors (Lipinski definition) is 8. The van der Waals surface area contributed by atoms with E-state index in [1.54, 1.807) is 32.3 Å². The van der Waals surface area contributed by atoms with Crippen molar-refractivity contribution in [2.24, 2.45) is 4.99 Å². The molecule has 2 aromatic heterocycles. The van der Waals surface area contributed by atoms with Crippen molar-refractivity contribution < 1.29 is 29.0 Å². The molecule has 4 heterocycles. The third-order valence-electron chi connectivity index (χ3n) is 5.81. The molecule has 1 aromatic carbocycles. The number of carbonyl (C=O) groups excluding carboxylic acids is 1. The number of rotatable bonds is 4. The van der Waals surface area contributed by atoms with Crippen molar-refractivity contribution in [1.29, 1.82) is 0 Å². The minimum Gasteiger partial charge on any atom is -0.504 e. The van der Waals surface area contributed by atoms with E-state index in [2.05, 4.69) is 35.1 Å². The van der Waals surface area contributed by atoms with E-state index in [9.17, 15) is 9.90 Å². The van der Waals surface area contributed by atoms with Crippen molar-refractivity contribution in [1.82, 2.24) is 4.98 Å². The van der Waals surface area contributed by atoms with Crippen molar-refractivity contribution in [3.63, 3.8) is 0 Å². The summed E-state index contributed by atoms with van der Waals surface area (Å²) < 4.78 is 11.6. The van der Waals surface area contributed by atoms with Gasteiger partial charge in [0.25, 0.3) is 5.97 Å². The zero-order chi connectivity index (χ0) is 26.7. The van der Waals surface area contributed by atoms with Crippen LogP contribution in [0.1, 0.15) is 59.1 Å². The molecule has 0 fully saturated rings. The predicted molar refractivity (Wildman–Crippen MR) is 140 cm³/mol. The molecule has 2 aliphatic rings. The number of anilines is 1. The number of carbonyl (C=O) groups is 2. The Kier molecular flexibility index (Phi) is 7.42. The van der Waals surface area contributed by atoms with Gasteiger partial charge >= 0.3 is 5.97 Å². The number of hydrogen-bond donors (Lipinski definition) is 2. The number of aliphatic imine (C=N–C) groups is 1. The second-order valence-electron chi connectivity index (χ2n) is 9.14. The maximum Gasteiger partial charge on any atom is 0.347 e. The lowest BCUT2D eigenvalue weighted by Gasteiger charge is -2.29. The lowest BCUT2D eigenvalue weighted by atomic mass is 9.97. The van der Waals surface area contributed by atoms with Gasteiger partial charge in [0, 0.05) is 43.6 Å². The van der Waals surface area contributed by atoms with Gasteiger partial charge in [-0.15, -0.1) is 0 Å². The van der Waals surface area contributed by atoms with Gasteiger partial charge in [0.05, 0.1) is 6.10 Å². The van der Waals surface area contributed by atoms with Crippen LogP contribution in [0.15, 0.2) is 45.9 Å². The fourth-order valence-electron chi connectivity index (χ4n) is 4.25. The summed E-state index contributed by atoms with van der Waals surface area (Å²) in [7, 11) is 0. The maximum absolute atomic E-state index is 13.0. The highest BCUT2D eigenvalue weighted by Crippen LogP contribution is 2.41. The number of fused-ring (bicyclic) bond motifs is 2. The first-order chi connectivity index (χ1) is 17.6.